The van der Waals surface area contributed by atoms with E-state index in [9.17, 15) is 0 Å². The summed E-state index contributed by atoms with van der Waals surface area (Å²) in [6.07, 6.45) is 8.11. The second-order valence-electron chi connectivity index (χ2n) is 6.58. The molecule has 1 aliphatic rings. The molecule has 0 bridgehead atoms. The van der Waals surface area contributed by atoms with Crippen LogP contribution in [0.5, 0.6) is 0 Å². The van der Waals surface area contributed by atoms with Gasteiger partial charge in [-0.05, 0) is 41.3 Å². The maximum atomic E-state index is 6.11. The van der Waals surface area contributed by atoms with Crippen molar-refractivity contribution in [2.24, 2.45) is 5.73 Å². The van der Waals surface area contributed by atoms with Gasteiger partial charge in [-0.15, -0.1) is 0 Å². The van der Waals surface area contributed by atoms with Crippen LogP contribution in [0.2, 0.25) is 0 Å². The van der Waals surface area contributed by atoms with E-state index < -0.39 is 0 Å². The summed E-state index contributed by atoms with van der Waals surface area (Å²) in [7, 11) is 0. The van der Waals surface area contributed by atoms with E-state index in [0.29, 0.717) is 12.6 Å². The highest BCUT2D eigenvalue weighted by molar-refractivity contribution is 5.87. The summed E-state index contributed by atoms with van der Waals surface area (Å²) < 4.78 is 2.15. The van der Waals surface area contributed by atoms with Gasteiger partial charge in [0.05, 0.1) is 6.33 Å². The molecule has 4 rings (SSSR count). The summed E-state index contributed by atoms with van der Waals surface area (Å²) in [5, 5.41) is 2.71. The standard InChI is InChI=1S/C20H24N4/c21-13-20-18-8-7-16-5-1-2-6-17(16)19(18)14-24(20)11-4-3-10-23-12-9-22-15-23/h1-2,5-9,12,15,20H,3-4,10-11,13-14,21H2. The molecule has 2 heterocycles. The maximum absolute atomic E-state index is 6.11. The molecule has 4 nitrogen and oxygen atoms in total. The van der Waals surface area contributed by atoms with Gasteiger partial charge in [0.2, 0.25) is 0 Å². The smallest absolute Gasteiger partial charge is 0.0945 e. The lowest BCUT2D eigenvalue weighted by molar-refractivity contribution is 0.214. The summed E-state index contributed by atoms with van der Waals surface area (Å²) in [5.74, 6) is 0. The Balaban J connectivity index is 1.46. The number of nitrogens with zero attached hydrogens (tertiary/aromatic N) is 3. The number of imidazole rings is 1. The highest BCUT2D eigenvalue weighted by Crippen LogP contribution is 2.37. The number of aromatic nitrogens is 2. The minimum absolute atomic E-state index is 0.359. The van der Waals surface area contributed by atoms with Gasteiger partial charge in [0, 0.05) is 38.1 Å². The number of unbranched alkanes of at least 4 members (excludes halogenated alkanes) is 1. The molecule has 0 saturated carbocycles. The van der Waals surface area contributed by atoms with E-state index in [1.54, 1.807) is 0 Å². The van der Waals surface area contributed by atoms with E-state index in [2.05, 4.69) is 50.8 Å². The first-order valence-electron chi connectivity index (χ1n) is 8.77. The lowest BCUT2D eigenvalue weighted by atomic mass is 9.98. The molecule has 0 aliphatic carbocycles. The predicted octanol–water partition coefficient (Wildman–Crippen LogP) is 3.33. The van der Waals surface area contributed by atoms with Gasteiger partial charge in [0.1, 0.15) is 0 Å². The van der Waals surface area contributed by atoms with Crippen molar-refractivity contribution in [3.8, 4) is 0 Å². The highest BCUT2D eigenvalue weighted by atomic mass is 15.2. The van der Waals surface area contributed by atoms with Gasteiger partial charge in [-0.1, -0.05) is 36.4 Å². The van der Waals surface area contributed by atoms with Gasteiger partial charge in [-0.3, -0.25) is 4.90 Å². The highest BCUT2D eigenvalue weighted by Gasteiger charge is 2.29. The van der Waals surface area contributed by atoms with Crippen molar-refractivity contribution in [2.75, 3.05) is 13.1 Å². The molecule has 0 saturated heterocycles. The molecule has 2 N–H and O–H groups in total. The van der Waals surface area contributed by atoms with Crippen molar-refractivity contribution in [3.05, 3.63) is 66.2 Å². The van der Waals surface area contributed by atoms with E-state index >= 15 is 0 Å². The Kier molecular flexibility index (Phi) is 4.32. The third-order valence-electron chi connectivity index (χ3n) is 5.13. The van der Waals surface area contributed by atoms with Gasteiger partial charge in [-0.25, -0.2) is 4.98 Å². The van der Waals surface area contributed by atoms with E-state index in [-0.39, 0.29) is 0 Å². The fraction of sp³-hybridized carbons (Fsp3) is 0.350. The van der Waals surface area contributed by atoms with Crippen LogP contribution in [-0.4, -0.2) is 27.5 Å². The molecule has 4 heteroatoms. The fourth-order valence-electron chi connectivity index (χ4n) is 3.89. The Labute approximate surface area is 142 Å². The van der Waals surface area contributed by atoms with Crippen LogP contribution < -0.4 is 5.73 Å². The zero-order valence-electron chi connectivity index (χ0n) is 13.9. The molecule has 1 unspecified atom stereocenters. The number of benzene rings is 2. The van der Waals surface area contributed by atoms with Gasteiger partial charge >= 0.3 is 0 Å². The molecule has 1 atom stereocenters. The second kappa shape index (κ2) is 6.75. The van der Waals surface area contributed by atoms with E-state index in [0.717, 1.165) is 19.6 Å². The van der Waals surface area contributed by atoms with Crippen LogP contribution in [0.25, 0.3) is 10.8 Å². The van der Waals surface area contributed by atoms with Crippen LogP contribution in [0.1, 0.15) is 30.0 Å². The van der Waals surface area contributed by atoms with E-state index in [4.69, 9.17) is 5.73 Å². The van der Waals surface area contributed by atoms with Crippen LogP contribution in [0, 0.1) is 0 Å². The average Bonchev–Trinajstić information content (AvgIpc) is 3.25. The van der Waals surface area contributed by atoms with Crippen LogP contribution in [0.4, 0.5) is 0 Å². The summed E-state index contributed by atoms with van der Waals surface area (Å²) in [6.45, 7) is 3.84. The molecule has 1 aromatic heterocycles. The van der Waals surface area contributed by atoms with Crippen LogP contribution in [-0.2, 0) is 13.1 Å². The third kappa shape index (κ3) is 2.83. The van der Waals surface area contributed by atoms with Gasteiger partial charge in [0.15, 0.2) is 0 Å². The Hall–Kier alpha value is -2.17. The maximum Gasteiger partial charge on any atom is 0.0945 e. The van der Waals surface area contributed by atoms with E-state index in [1.165, 1.54) is 34.7 Å². The first-order chi connectivity index (χ1) is 11.9. The van der Waals surface area contributed by atoms with Crippen LogP contribution in [0.15, 0.2) is 55.1 Å². The third-order valence-corrected chi connectivity index (χ3v) is 5.13. The summed E-state index contributed by atoms with van der Waals surface area (Å²) in [4.78, 5) is 6.64. The summed E-state index contributed by atoms with van der Waals surface area (Å²) in [5.41, 5.74) is 9.00. The Morgan fingerprint density at radius 1 is 1.08 bits per heavy atom. The van der Waals surface area contributed by atoms with Crippen molar-refractivity contribution >= 4 is 10.8 Å². The molecule has 2 aromatic carbocycles. The molecule has 124 valence electrons. The van der Waals surface area contributed by atoms with Gasteiger partial charge < -0.3 is 10.3 Å². The fourth-order valence-corrected chi connectivity index (χ4v) is 3.89. The molecule has 0 fully saturated rings. The predicted molar refractivity (Wildman–Crippen MR) is 97.6 cm³/mol. The minimum Gasteiger partial charge on any atom is -0.337 e. The first kappa shape index (κ1) is 15.4. The number of rotatable bonds is 6. The van der Waals surface area contributed by atoms with Crippen molar-refractivity contribution in [1.29, 1.82) is 0 Å². The lowest BCUT2D eigenvalue weighted by Gasteiger charge is -2.23. The van der Waals surface area contributed by atoms with Crippen LogP contribution >= 0.6 is 0 Å². The molecular weight excluding hydrogens is 296 g/mol. The SMILES string of the molecule is NCC1c2ccc3ccccc3c2CN1CCCCn1ccnc1. The Morgan fingerprint density at radius 2 is 1.96 bits per heavy atom. The molecule has 24 heavy (non-hydrogen) atoms. The molecule has 0 spiro atoms. The zero-order chi connectivity index (χ0) is 16.4. The molecule has 0 amide bonds. The largest absolute Gasteiger partial charge is 0.337 e. The van der Waals surface area contributed by atoms with Crippen molar-refractivity contribution in [2.45, 2.75) is 32.0 Å². The normalized spacial score (nSPS) is 17.5. The van der Waals surface area contributed by atoms with Crippen molar-refractivity contribution in [1.82, 2.24) is 14.5 Å². The molecular formula is C20H24N4. The quantitative estimate of drug-likeness (QED) is 0.709. The second-order valence-corrected chi connectivity index (χ2v) is 6.58. The number of nitrogens with two attached hydrogens (primary N) is 1. The van der Waals surface area contributed by atoms with Crippen molar-refractivity contribution < 1.29 is 0 Å². The Bertz CT molecular complexity index is 810. The summed E-state index contributed by atoms with van der Waals surface area (Å²) in [6, 6.07) is 13.6. The first-order valence-corrected chi connectivity index (χ1v) is 8.77. The molecule has 0 radical (unpaired) electrons. The molecule has 1 aliphatic heterocycles. The average molecular weight is 320 g/mol. The number of hydrogen-bond acceptors (Lipinski definition) is 3. The number of aryl methyl sites for hydroxylation is 1. The monoisotopic (exact) mass is 320 g/mol. The zero-order valence-corrected chi connectivity index (χ0v) is 13.9. The Morgan fingerprint density at radius 3 is 2.79 bits per heavy atom. The van der Waals surface area contributed by atoms with Gasteiger partial charge in [-0.2, -0.15) is 0 Å². The van der Waals surface area contributed by atoms with Crippen molar-refractivity contribution in [3.63, 3.8) is 0 Å². The minimum atomic E-state index is 0.359. The van der Waals surface area contributed by atoms with Crippen LogP contribution in [0.3, 0.4) is 0 Å². The van der Waals surface area contributed by atoms with Gasteiger partial charge in [0.25, 0.3) is 0 Å². The number of hydrogen-bond donors (Lipinski definition) is 1. The topological polar surface area (TPSA) is 47.1 Å². The number of fused-ring (bicyclic) bond motifs is 3. The summed E-state index contributed by atoms with van der Waals surface area (Å²) >= 11 is 0. The lowest BCUT2D eigenvalue weighted by Crippen LogP contribution is -2.29. The van der Waals surface area contributed by atoms with E-state index in [1.807, 2.05) is 18.7 Å². The molecule has 3 aromatic rings.